The van der Waals surface area contributed by atoms with Gasteiger partial charge in [-0.1, -0.05) is 36.4 Å². The molecule has 29 heavy (non-hydrogen) atoms. The molecule has 0 spiro atoms. The van der Waals surface area contributed by atoms with Crippen molar-refractivity contribution in [1.29, 1.82) is 0 Å². The molecule has 148 valence electrons. The molecule has 0 fully saturated rings. The Labute approximate surface area is 169 Å². The van der Waals surface area contributed by atoms with E-state index in [9.17, 15) is 9.59 Å². The molecule has 0 aliphatic carbocycles. The van der Waals surface area contributed by atoms with Gasteiger partial charge in [-0.25, -0.2) is 4.79 Å². The molecule has 0 saturated heterocycles. The number of anilines is 1. The van der Waals surface area contributed by atoms with Crippen LogP contribution in [0, 0.1) is 13.8 Å². The van der Waals surface area contributed by atoms with E-state index in [0.29, 0.717) is 17.0 Å². The van der Waals surface area contributed by atoms with E-state index in [1.165, 1.54) is 13.3 Å². The highest BCUT2D eigenvalue weighted by Gasteiger charge is 2.26. The zero-order valence-corrected chi connectivity index (χ0v) is 16.5. The second kappa shape index (κ2) is 9.01. The van der Waals surface area contributed by atoms with Gasteiger partial charge in [-0.3, -0.25) is 9.78 Å². The lowest BCUT2D eigenvalue weighted by Crippen LogP contribution is -2.26. The summed E-state index contributed by atoms with van der Waals surface area (Å²) in [7, 11) is 1.53. The van der Waals surface area contributed by atoms with Gasteiger partial charge < -0.3 is 14.8 Å². The summed E-state index contributed by atoms with van der Waals surface area (Å²) in [5.41, 5.74) is 3.08. The predicted molar refractivity (Wildman–Crippen MR) is 110 cm³/mol. The fraction of sp³-hybridized carbons (Fsp3) is 0.174. The summed E-state index contributed by atoms with van der Waals surface area (Å²) in [5, 5.41) is 2.81. The summed E-state index contributed by atoms with van der Waals surface area (Å²) in [6.45, 7) is 3.73. The number of nitrogens with zero attached hydrogens (tertiary/aromatic N) is 1. The Kier molecular flexibility index (Phi) is 6.24. The van der Waals surface area contributed by atoms with Crippen LogP contribution in [0.5, 0.6) is 5.75 Å². The maximum Gasteiger partial charge on any atom is 0.340 e. The number of aromatic nitrogens is 1. The van der Waals surface area contributed by atoms with Gasteiger partial charge in [-0.15, -0.1) is 0 Å². The normalized spacial score (nSPS) is 11.4. The Morgan fingerprint density at radius 1 is 1.00 bits per heavy atom. The average Bonchev–Trinajstić information content (AvgIpc) is 2.73. The molecule has 0 bridgehead atoms. The van der Waals surface area contributed by atoms with E-state index in [-0.39, 0.29) is 5.56 Å². The maximum atomic E-state index is 13.1. The number of amides is 1. The Balaban J connectivity index is 1.88. The highest BCUT2D eigenvalue weighted by Crippen LogP contribution is 2.28. The summed E-state index contributed by atoms with van der Waals surface area (Å²) in [5.74, 6) is -0.587. The number of aryl methyl sites for hydroxylation is 2. The number of pyridine rings is 1. The molecule has 0 aliphatic rings. The van der Waals surface area contributed by atoms with Gasteiger partial charge in [-0.05, 0) is 43.7 Å². The fourth-order valence-electron chi connectivity index (χ4n) is 2.78. The van der Waals surface area contributed by atoms with Crippen molar-refractivity contribution >= 4 is 17.6 Å². The zero-order chi connectivity index (χ0) is 20.8. The molecule has 3 aromatic rings. The third-order valence-electron chi connectivity index (χ3n) is 4.33. The first-order chi connectivity index (χ1) is 14.0. The quantitative estimate of drug-likeness (QED) is 0.637. The molecule has 1 N–H and O–H groups in total. The van der Waals surface area contributed by atoms with Gasteiger partial charge in [0.05, 0.1) is 18.4 Å². The van der Waals surface area contributed by atoms with E-state index < -0.39 is 18.0 Å². The van der Waals surface area contributed by atoms with Crippen molar-refractivity contribution in [3.8, 4) is 5.75 Å². The molecule has 0 aliphatic heterocycles. The molecule has 1 aromatic heterocycles. The molecule has 1 heterocycles. The number of ether oxygens (including phenoxy) is 2. The van der Waals surface area contributed by atoms with E-state index in [2.05, 4.69) is 10.3 Å². The van der Waals surface area contributed by atoms with Crippen LogP contribution in [0.3, 0.4) is 0 Å². The van der Waals surface area contributed by atoms with Gasteiger partial charge in [0, 0.05) is 17.5 Å². The van der Waals surface area contributed by atoms with Crippen molar-refractivity contribution in [2.75, 3.05) is 12.4 Å². The molecule has 2 aromatic carbocycles. The van der Waals surface area contributed by atoms with E-state index >= 15 is 0 Å². The van der Waals surface area contributed by atoms with Crippen LogP contribution >= 0.6 is 0 Å². The highest BCUT2D eigenvalue weighted by molar-refractivity contribution is 5.99. The molecule has 0 saturated carbocycles. The van der Waals surface area contributed by atoms with Gasteiger partial charge in [0.15, 0.2) is 0 Å². The Hall–Kier alpha value is -3.67. The maximum absolute atomic E-state index is 13.1. The molecule has 1 unspecified atom stereocenters. The first kappa shape index (κ1) is 20.1. The Bertz CT molecular complexity index is 1000. The summed E-state index contributed by atoms with van der Waals surface area (Å²) >= 11 is 0. The molecule has 6 heteroatoms. The molecule has 6 nitrogen and oxygen atoms in total. The number of benzene rings is 2. The van der Waals surface area contributed by atoms with Crippen molar-refractivity contribution in [2.24, 2.45) is 0 Å². The van der Waals surface area contributed by atoms with Crippen LogP contribution in [-0.4, -0.2) is 24.0 Å². The summed E-state index contributed by atoms with van der Waals surface area (Å²) in [6.07, 6.45) is 0.302. The average molecular weight is 390 g/mol. The van der Waals surface area contributed by atoms with Gasteiger partial charge in [0.2, 0.25) is 6.10 Å². The summed E-state index contributed by atoms with van der Waals surface area (Å²) in [4.78, 5) is 29.8. The first-order valence-electron chi connectivity index (χ1n) is 9.12. The number of methoxy groups -OCH3 is 1. The largest absolute Gasteiger partial charge is 0.495 e. The zero-order valence-electron chi connectivity index (χ0n) is 16.5. The summed E-state index contributed by atoms with van der Waals surface area (Å²) < 4.78 is 10.9. The fourth-order valence-corrected chi connectivity index (χ4v) is 2.78. The van der Waals surface area contributed by atoms with Gasteiger partial charge in [0.25, 0.3) is 5.91 Å². The van der Waals surface area contributed by atoms with E-state index in [4.69, 9.17) is 9.47 Å². The number of hydrogen-bond acceptors (Lipinski definition) is 5. The second-order valence-electron chi connectivity index (χ2n) is 6.58. The van der Waals surface area contributed by atoms with Crippen molar-refractivity contribution in [3.05, 3.63) is 89.2 Å². The summed E-state index contributed by atoms with van der Waals surface area (Å²) in [6, 6.07) is 17.6. The minimum atomic E-state index is -1.13. The van der Waals surface area contributed by atoms with Crippen LogP contribution in [0.1, 0.15) is 33.3 Å². The topological polar surface area (TPSA) is 77.5 Å². The lowest BCUT2D eigenvalue weighted by Gasteiger charge is -2.19. The predicted octanol–water partition coefficient (Wildman–Crippen LogP) is 4.24. The van der Waals surface area contributed by atoms with Crippen LogP contribution in [0.25, 0.3) is 0 Å². The smallest absolute Gasteiger partial charge is 0.340 e. The SMILES string of the molecule is COc1ccc(C)cc1NC(=O)C(OC(=O)c1ccc(C)nc1)c1ccccc1. The molecular weight excluding hydrogens is 368 g/mol. The number of hydrogen-bond donors (Lipinski definition) is 1. The van der Waals surface area contributed by atoms with Gasteiger partial charge in [0.1, 0.15) is 5.75 Å². The third kappa shape index (κ3) is 4.99. The van der Waals surface area contributed by atoms with Crippen molar-refractivity contribution < 1.29 is 19.1 Å². The number of rotatable bonds is 6. The second-order valence-corrected chi connectivity index (χ2v) is 6.58. The van der Waals surface area contributed by atoms with E-state index in [1.807, 2.05) is 26.0 Å². The first-order valence-corrected chi connectivity index (χ1v) is 9.12. The monoisotopic (exact) mass is 390 g/mol. The molecular formula is C23H22N2O4. The van der Waals surface area contributed by atoms with Crippen molar-refractivity contribution in [3.63, 3.8) is 0 Å². The molecule has 1 atom stereocenters. The number of esters is 1. The lowest BCUT2D eigenvalue weighted by atomic mass is 10.1. The lowest BCUT2D eigenvalue weighted by molar-refractivity contribution is -0.125. The highest BCUT2D eigenvalue weighted by atomic mass is 16.5. The standard InChI is InChI=1S/C23H22N2O4/c1-15-9-12-20(28-3)19(13-15)25-22(26)21(17-7-5-4-6-8-17)29-23(27)18-11-10-16(2)24-14-18/h4-14,21H,1-3H3,(H,25,26). The number of carbonyl (C=O) groups excluding carboxylic acids is 2. The van der Waals surface area contributed by atoms with Gasteiger partial charge in [-0.2, -0.15) is 0 Å². The van der Waals surface area contributed by atoms with Gasteiger partial charge >= 0.3 is 5.97 Å². The van der Waals surface area contributed by atoms with Crippen LogP contribution < -0.4 is 10.1 Å². The number of nitrogens with one attached hydrogen (secondary N) is 1. The van der Waals surface area contributed by atoms with Crippen LogP contribution in [-0.2, 0) is 9.53 Å². The third-order valence-corrected chi connectivity index (χ3v) is 4.33. The van der Waals surface area contributed by atoms with Crippen molar-refractivity contribution in [1.82, 2.24) is 4.98 Å². The van der Waals surface area contributed by atoms with Crippen LogP contribution in [0.4, 0.5) is 5.69 Å². The number of carbonyl (C=O) groups is 2. The molecule has 0 radical (unpaired) electrons. The van der Waals surface area contributed by atoms with Crippen molar-refractivity contribution in [2.45, 2.75) is 20.0 Å². The molecule has 1 amide bonds. The Morgan fingerprint density at radius 3 is 2.41 bits per heavy atom. The molecule has 3 rings (SSSR count). The van der Waals surface area contributed by atoms with E-state index in [0.717, 1.165) is 11.3 Å². The van der Waals surface area contributed by atoms with Crippen LogP contribution in [0.2, 0.25) is 0 Å². The minimum Gasteiger partial charge on any atom is -0.495 e. The Morgan fingerprint density at radius 2 is 1.76 bits per heavy atom. The minimum absolute atomic E-state index is 0.275. The van der Waals surface area contributed by atoms with Crippen LogP contribution in [0.15, 0.2) is 66.9 Å². The van der Waals surface area contributed by atoms with E-state index in [1.54, 1.807) is 48.5 Å².